The van der Waals surface area contributed by atoms with Crippen LogP contribution in [0.15, 0.2) is 27.9 Å². The van der Waals surface area contributed by atoms with E-state index in [1.54, 1.807) is 18.2 Å². The largest absolute Gasteiger partial charge is 0.504 e. The Kier molecular flexibility index (Phi) is 5.45. The van der Waals surface area contributed by atoms with Crippen molar-refractivity contribution >= 4 is 17.9 Å². The lowest BCUT2D eigenvalue weighted by molar-refractivity contribution is 0.0944. The van der Waals surface area contributed by atoms with Gasteiger partial charge < -0.3 is 20.3 Å². The van der Waals surface area contributed by atoms with Crippen LogP contribution in [0, 0.1) is 0 Å². The Morgan fingerprint density at radius 2 is 2.25 bits per heavy atom. The van der Waals surface area contributed by atoms with Crippen molar-refractivity contribution in [1.82, 2.24) is 30.7 Å². The molecule has 13 heteroatoms. The molecule has 1 aromatic carbocycles. The van der Waals surface area contributed by atoms with Crippen LogP contribution in [-0.2, 0) is 11.3 Å². The van der Waals surface area contributed by atoms with Crippen LogP contribution in [0.4, 0.5) is 5.82 Å². The maximum Gasteiger partial charge on any atom is 0.293 e. The molecule has 0 bridgehead atoms. The number of anilines is 1. The van der Waals surface area contributed by atoms with E-state index in [1.807, 2.05) is 0 Å². The number of nitrogens with one attached hydrogen (secondary N) is 1. The average molecular weight is 388 g/mol. The third kappa shape index (κ3) is 3.59. The number of nitrogens with two attached hydrogens (primary N) is 1. The van der Waals surface area contributed by atoms with Crippen LogP contribution in [0.3, 0.4) is 0 Å². The molecule has 1 amide bonds. The van der Waals surface area contributed by atoms with E-state index < -0.39 is 5.91 Å². The number of hydrogen-bond donors (Lipinski definition) is 3. The molecule has 2 aromatic heterocycles. The van der Waals surface area contributed by atoms with Gasteiger partial charge >= 0.3 is 0 Å². The minimum atomic E-state index is -0.660. The van der Waals surface area contributed by atoms with Crippen LogP contribution in [0.1, 0.15) is 21.7 Å². The van der Waals surface area contributed by atoms with Crippen molar-refractivity contribution in [2.75, 3.05) is 20.0 Å². The molecule has 3 rings (SSSR count). The number of aromatic nitrogens is 5. The van der Waals surface area contributed by atoms with Crippen molar-refractivity contribution in [2.24, 2.45) is 5.10 Å². The van der Waals surface area contributed by atoms with E-state index in [-0.39, 0.29) is 41.1 Å². The summed E-state index contributed by atoms with van der Waals surface area (Å²) < 4.78 is 15.8. The summed E-state index contributed by atoms with van der Waals surface area (Å²) in [6.45, 7) is -0.0115. The zero-order chi connectivity index (χ0) is 20.1. The first kappa shape index (κ1) is 18.8. The summed E-state index contributed by atoms with van der Waals surface area (Å²) in [4.78, 5) is 12.4. The Balaban J connectivity index is 1.81. The van der Waals surface area contributed by atoms with Gasteiger partial charge in [0.25, 0.3) is 5.91 Å². The molecule has 0 saturated carbocycles. The predicted molar refractivity (Wildman–Crippen MR) is 94.1 cm³/mol. The first-order valence-corrected chi connectivity index (χ1v) is 7.78. The summed E-state index contributed by atoms with van der Waals surface area (Å²) in [7, 11) is 2.86. The van der Waals surface area contributed by atoms with Crippen molar-refractivity contribution in [3.63, 3.8) is 0 Å². The Bertz CT molecular complexity index is 1010. The van der Waals surface area contributed by atoms with Crippen molar-refractivity contribution in [3.05, 3.63) is 35.2 Å². The maximum atomic E-state index is 12.4. The molecule has 0 aliphatic rings. The molecule has 0 aliphatic heterocycles. The van der Waals surface area contributed by atoms with Crippen LogP contribution >= 0.6 is 0 Å². The van der Waals surface area contributed by atoms with Crippen LogP contribution in [0.2, 0.25) is 0 Å². The molecular formula is C15H16N8O5. The van der Waals surface area contributed by atoms with E-state index in [9.17, 15) is 9.90 Å². The highest BCUT2D eigenvalue weighted by atomic mass is 16.6. The Morgan fingerprint density at radius 3 is 2.93 bits per heavy atom. The maximum absolute atomic E-state index is 12.4. The molecule has 146 valence electrons. The number of aromatic hydroxyl groups is 1. The monoisotopic (exact) mass is 388 g/mol. The van der Waals surface area contributed by atoms with Gasteiger partial charge in [-0.3, -0.25) is 4.79 Å². The van der Waals surface area contributed by atoms with E-state index in [2.05, 4.69) is 35.8 Å². The SMILES string of the molecule is COCc1c(C(=O)NN=Cc2cccc(OC)c2O)nnn1-c1nonc1N. The number of hydrogen-bond acceptors (Lipinski definition) is 11. The lowest BCUT2D eigenvalue weighted by Gasteiger charge is -2.05. The highest BCUT2D eigenvalue weighted by Gasteiger charge is 2.23. The van der Waals surface area contributed by atoms with Gasteiger partial charge in [0.1, 0.15) is 5.69 Å². The zero-order valence-electron chi connectivity index (χ0n) is 14.9. The molecule has 4 N–H and O–H groups in total. The van der Waals surface area contributed by atoms with Gasteiger partial charge in [-0.15, -0.1) is 5.10 Å². The number of para-hydroxylation sites is 1. The van der Waals surface area contributed by atoms with Gasteiger partial charge in [-0.1, -0.05) is 11.3 Å². The summed E-state index contributed by atoms with van der Waals surface area (Å²) in [5, 5.41) is 28.6. The van der Waals surface area contributed by atoms with Crippen molar-refractivity contribution in [2.45, 2.75) is 6.61 Å². The summed E-state index contributed by atoms with van der Waals surface area (Å²) in [5.41, 5.74) is 8.51. The van der Waals surface area contributed by atoms with E-state index in [0.717, 1.165) is 0 Å². The van der Waals surface area contributed by atoms with Crippen molar-refractivity contribution < 1.29 is 24.0 Å². The predicted octanol–water partition coefficient (Wildman–Crippen LogP) is -0.143. The van der Waals surface area contributed by atoms with Gasteiger partial charge in [0.2, 0.25) is 11.6 Å². The fourth-order valence-corrected chi connectivity index (χ4v) is 2.27. The number of nitrogen functional groups attached to an aromatic ring is 1. The highest BCUT2D eigenvalue weighted by Crippen LogP contribution is 2.27. The summed E-state index contributed by atoms with van der Waals surface area (Å²) >= 11 is 0. The van der Waals surface area contributed by atoms with E-state index in [0.29, 0.717) is 5.56 Å². The van der Waals surface area contributed by atoms with Crippen LogP contribution in [0.5, 0.6) is 11.5 Å². The quantitative estimate of drug-likeness (QED) is 0.364. The van der Waals surface area contributed by atoms with Crippen molar-refractivity contribution in [3.8, 4) is 17.3 Å². The molecule has 0 atom stereocenters. The number of amides is 1. The molecule has 3 aromatic rings. The number of benzene rings is 1. The van der Waals surface area contributed by atoms with E-state index in [1.165, 1.54) is 25.1 Å². The minimum absolute atomic E-state index is 0.0115. The molecule has 0 fully saturated rings. The first-order valence-electron chi connectivity index (χ1n) is 7.78. The lowest BCUT2D eigenvalue weighted by Crippen LogP contribution is -2.20. The zero-order valence-corrected chi connectivity index (χ0v) is 14.9. The van der Waals surface area contributed by atoms with E-state index in [4.69, 9.17) is 15.2 Å². The summed E-state index contributed by atoms with van der Waals surface area (Å²) in [6, 6.07) is 4.85. The fraction of sp³-hybridized carbons (Fsp3) is 0.200. The normalized spacial score (nSPS) is 11.1. The number of methoxy groups -OCH3 is 2. The number of hydrazone groups is 1. The van der Waals surface area contributed by atoms with E-state index >= 15 is 0 Å². The van der Waals surface area contributed by atoms with Gasteiger partial charge in [0, 0.05) is 12.7 Å². The second kappa shape index (κ2) is 8.13. The molecule has 13 nitrogen and oxygen atoms in total. The van der Waals surface area contributed by atoms with Crippen LogP contribution in [0.25, 0.3) is 5.82 Å². The molecule has 2 heterocycles. The Labute approximate surface area is 157 Å². The first-order chi connectivity index (χ1) is 13.6. The summed E-state index contributed by atoms with van der Waals surface area (Å²) in [5.74, 6) is -0.446. The number of carbonyl (C=O) groups excluding carboxylic acids is 1. The van der Waals surface area contributed by atoms with Gasteiger partial charge in [-0.2, -0.15) is 9.78 Å². The standard InChI is InChI=1S/C15H16N8O5/c1-26-7-9-11(18-22-23(9)14-13(16)20-28-21-14)15(25)19-17-6-8-4-3-5-10(27-2)12(8)24/h3-6,24H,7H2,1-2H3,(H2,16,20)(H,19,25). The Hall–Kier alpha value is -4.00. The number of phenols is 1. The molecular weight excluding hydrogens is 372 g/mol. The number of ether oxygens (including phenoxy) is 2. The third-order valence-corrected chi connectivity index (χ3v) is 3.58. The number of rotatable bonds is 7. The fourth-order valence-electron chi connectivity index (χ4n) is 2.27. The second-order valence-corrected chi connectivity index (χ2v) is 5.30. The molecule has 0 radical (unpaired) electrons. The van der Waals surface area contributed by atoms with Crippen LogP contribution < -0.4 is 15.9 Å². The minimum Gasteiger partial charge on any atom is -0.504 e. The average Bonchev–Trinajstić information content (AvgIpc) is 3.29. The molecule has 28 heavy (non-hydrogen) atoms. The third-order valence-electron chi connectivity index (χ3n) is 3.58. The van der Waals surface area contributed by atoms with Gasteiger partial charge in [-0.05, 0) is 22.4 Å². The smallest absolute Gasteiger partial charge is 0.293 e. The van der Waals surface area contributed by atoms with Gasteiger partial charge in [0.15, 0.2) is 17.2 Å². The van der Waals surface area contributed by atoms with Gasteiger partial charge in [-0.25, -0.2) is 10.1 Å². The van der Waals surface area contributed by atoms with Gasteiger partial charge in [0.05, 0.1) is 19.9 Å². The molecule has 0 saturated heterocycles. The Morgan fingerprint density at radius 1 is 1.43 bits per heavy atom. The molecule has 0 spiro atoms. The number of phenolic OH excluding ortho intramolecular Hbond substituents is 1. The molecule has 0 unspecified atom stereocenters. The number of nitrogens with zero attached hydrogens (tertiary/aromatic N) is 6. The summed E-state index contributed by atoms with van der Waals surface area (Å²) in [6.07, 6.45) is 1.26. The second-order valence-electron chi connectivity index (χ2n) is 5.30. The van der Waals surface area contributed by atoms with Crippen LogP contribution in [-0.4, -0.2) is 56.8 Å². The topological polar surface area (TPSA) is 176 Å². The molecule has 0 aliphatic carbocycles. The number of carbonyl (C=O) groups is 1. The highest BCUT2D eigenvalue weighted by molar-refractivity contribution is 5.94. The van der Waals surface area contributed by atoms with Crippen molar-refractivity contribution in [1.29, 1.82) is 0 Å². The lowest BCUT2D eigenvalue weighted by atomic mass is 10.2.